The van der Waals surface area contributed by atoms with Crippen LogP contribution in [0.3, 0.4) is 0 Å². The largest absolute Gasteiger partial charge is 0.349 e. The second kappa shape index (κ2) is 6.87. The Morgan fingerprint density at radius 1 is 1.38 bits per heavy atom. The van der Waals surface area contributed by atoms with Crippen LogP contribution in [-0.4, -0.2) is 44.8 Å². The molecule has 1 heterocycles. The van der Waals surface area contributed by atoms with Gasteiger partial charge < -0.3 is 11.1 Å². The van der Waals surface area contributed by atoms with Gasteiger partial charge in [0.15, 0.2) is 0 Å². The van der Waals surface area contributed by atoms with Crippen molar-refractivity contribution in [1.82, 2.24) is 9.62 Å². The van der Waals surface area contributed by atoms with Crippen molar-refractivity contribution in [2.45, 2.75) is 37.1 Å². The maximum absolute atomic E-state index is 12.2. The van der Waals surface area contributed by atoms with Crippen molar-refractivity contribution >= 4 is 27.3 Å². The number of sulfonamides is 1. The van der Waals surface area contributed by atoms with Gasteiger partial charge in [-0.2, -0.15) is 0 Å². The van der Waals surface area contributed by atoms with E-state index in [4.69, 9.17) is 5.73 Å². The van der Waals surface area contributed by atoms with Gasteiger partial charge in [0.1, 0.15) is 9.77 Å². The molecule has 0 saturated heterocycles. The average Bonchev–Trinajstić information content (AvgIpc) is 2.94. The van der Waals surface area contributed by atoms with Crippen molar-refractivity contribution in [3.8, 4) is 0 Å². The molecule has 0 saturated carbocycles. The quantitative estimate of drug-likeness (QED) is 0.785. The molecule has 8 heteroatoms. The molecule has 0 unspecified atom stereocenters. The van der Waals surface area contributed by atoms with Crippen LogP contribution in [-0.2, 0) is 10.0 Å². The molecule has 0 atom stereocenters. The molecule has 0 aromatic carbocycles. The lowest BCUT2D eigenvalue weighted by atomic mass is 9.94. The number of rotatable bonds is 7. The lowest BCUT2D eigenvalue weighted by Gasteiger charge is -2.26. The number of nitrogens with zero attached hydrogens (tertiary/aromatic N) is 1. The van der Waals surface area contributed by atoms with Crippen molar-refractivity contribution in [1.29, 1.82) is 0 Å². The fourth-order valence-electron chi connectivity index (χ4n) is 1.70. The van der Waals surface area contributed by atoms with E-state index in [1.165, 1.54) is 20.2 Å². The Bertz CT molecular complexity index is 590. The molecule has 0 aliphatic carbocycles. The summed E-state index contributed by atoms with van der Waals surface area (Å²) in [5.41, 5.74) is 5.67. The third-order valence-electron chi connectivity index (χ3n) is 3.60. The summed E-state index contributed by atoms with van der Waals surface area (Å²) in [5, 5.41) is 4.34. The number of carbonyl (C=O) groups is 1. The van der Waals surface area contributed by atoms with E-state index in [0.29, 0.717) is 6.54 Å². The van der Waals surface area contributed by atoms with Gasteiger partial charge in [-0.05, 0) is 24.3 Å². The van der Waals surface area contributed by atoms with Gasteiger partial charge in [-0.15, -0.1) is 11.3 Å². The van der Waals surface area contributed by atoms with Gasteiger partial charge in [-0.25, -0.2) is 12.7 Å². The molecule has 0 radical (unpaired) electrons. The van der Waals surface area contributed by atoms with Crippen LogP contribution in [0.4, 0.5) is 0 Å². The van der Waals surface area contributed by atoms with E-state index in [1.807, 2.05) is 13.8 Å². The number of amides is 1. The number of nitrogens with two attached hydrogens (primary N) is 1. The zero-order valence-corrected chi connectivity index (χ0v) is 14.5. The summed E-state index contributed by atoms with van der Waals surface area (Å²) in [4.78, 5) is 12.5. The highest BCUT2D eigenvalue weighted by atomic mass is 32.2. The zero-order chi connectivity index (χ0) is 16.3. The van der Waals surface area contributed by atoms with Gasteiger partial charge in [-0.1, -0.05) is 13.8 Å². The normalized spacial score (nSPS) is 12.7. The molecule has 3 N–H and O–H groups in total. The van der Waals surface area contributed by atoms with Crippen LogP contribution in [0.15, 0.2) is 16.3 Å². The molecule has 21 heavy (non-hydrogen) atoms. The van der Waals surface area contributed by atoms with Crippen molar-refractivity contribution in [2.75, 3.05) is 20.6 Å². The van der Waals surface area contributed by atoms with Crippen LogP contribution in [0.25, 0.3) is 0 Å². The van der Waals surface area contributed by atoms with E-state index < -0.39 is 21.5 Å². The number of carbonyl (C=O) groups excluding carboxylic acids is 1. The predicted octanol–water partition coefficient (Wildman–Crippen LogP) is 1.25. The van der Waals surface area contributed by atoms with Crippen LogP contribution in [0.5, 0.6) is 0 Å². The first kappa shape index (κ1) is 18.1. The van der Waals surface area contributed by atoms with E-state index in [2.05, 4.69) is 5.32 Å². The van der Waals surface area contributed by atoms with Crippen LogP contribution in [0.1, 0.15) is 36.4 Å². The van der Waals surface area contributed by atoms with E-state index in [9.17, 15) is 13.2 Å². The Balaban J connectivity index is 2.94. The topological polar surface area (TPSA) is 92.5 Å². The van der Waals surface area contributed by atoms with Crippen LogP contribution in [0, 0.1) is 0 Å². The summed E-state index contributed by atoms with van der Waals surface area (Å²) < 4.78 is 25.4. The first-order valence-corrected chi connectivity index (χ1v) is 9.07. The number of nitrogens with one attached hydrogen (secondary N) is 1. The summed E-state index contributed by atoms with van der Waals surface area (Å²) in [6, 6.07) is 1.45. The fourth-order valence-corrected chi connectivity index (χ4v) is 3.91. The highest BCUT2D eigenvalue weighted by Gasteiger charge is 2.27. The second-order valence-corrected chi connectivity index (χ2v) is 8.19. The molecule has 1 aromatic rings. The van der Waals surface area contributed by atoms with Gasteiger partial charge in [0.2, 0.25) is 10.0 Å². The maximum atomic E-state index is 12.2. The molecule has 0 spiro atoms. The minimum Gasteiger partial charge on any atom is -0.349 e. The third kappa shape index (κ3) is 4.03. The Hall–Kier alpha value is -0.960. The van der Waals surface area contributed by atoms with Gasteiger partial charge >= 0.3 is 0 Å². The van der Waals surface area contributed by atoms with Crippen LogP contribution < -0.4 is 11.1 Å². The SMILES string of the molecule is CCC(N)(CC)CNC(=O)c1sccc1S(=O)(=O)N(C)C. The monoisotopic (exact) mass is 333 g/mol. The Morgan fingerprint density at radius 3 is 2.43 bits per heavy atom. The lowest BCUT2D eigenvalue weighted by molar-refractivity contribution is 0.0943. The van der Waals surface area contributed by atoms with Crippen molar-refractivity contribution in [2.24, 2.45) is 5.73 Å². The fraction of sp³-hybridized carbons (Fsp3) is 0.615. The van der Waals surface area contributed by atoms with Crippen molar-refractivity contribution in [3.05, 3.63) is 16.3 Å². The van der Waals surface area contributed by atoms with Crippen molar-refractivity contribution in [3.63, 3.8) is 0 Å². The summed E-state index contributed by atoms with van der Waals surface area (Å²) in [6.45, 7) is 4.24. The minimum atomic E-state index is -3.62. The zero-order valence-electron chi connectivity index (χ0n) is 12.8. The Labute approximate surface area is 130 Å². The average molecular weight is 333 g/mol. The number of thiophene rings is 1. The van der Waals surface area contributed by atoms with Crippen LogP contribution in [0.2, 0.25) is 0 Å². The Morgan fingerprint density at radius 2 is 1.95 bits per heavy atom. The summed E-state index contributed by atoms with van der Waals surface area (Å²) in [5.74, 6) is -0.401. The van der Waals surface area contributed by atoms with E-state index in [-0.39, 0.29) is 9.77 Å². The lowest BCUT2D eigenvalue weighted by Crippen LogP contribution is -2.49. The molecule has 120 valence electrons. The Kier molecular flexibility index (Phi) is 5.92. The molecule has 0 fully saturated rings. The summed E-state index contributed by atoms with van der Waals surface area (Å²) in [7, 11) is -0.746. The molecular weight excluding hydrogens is 310 g/mol. The molecular formula is C13H23N3O3S2. The molecule has 0 aliphatic rings. The first-order chi connectivity index (χ1) is 9.68. The van der Waals surface area contributed by atoms with E-state index in [1.54, 1.807) is 5.38 Å². The van der Waals surface area contributed by atoms with Gasteiger partial charge in [0.05, 0.1) is 0 Å². The van der Waals surface area contributed by atoms with Gasteiger partial charge in [0.25, 0.3) is 5.91 Å². The molecule has 0 bridgehead atoms. The smallest absolute Gasteiger partial charge is 0.262 e. The summed E-state index contributed by atoms with van der Waals surface area (Å²) >= 11 is 1.11. The molecule has 1 aromatic heterocycles. The second-order valence-electron chi connectivity index (χ2n) is 5.15. The predicted molar refractivity (Wildman–Crippen MR) is 85.0 cm³/mol. The molecule has 6 nitrogen and oxygen atoms in total. The standard InChI is InChI=1S/C13H23N3O3S2/c1-5-13(14,6-2)9-15-12(17)11-10(7-8-20-11)21(18,19)16(3)4/h7-8H,5-6,9,14H2,1-4H3,(H,15,17). The van der Waals surface area contributed by atoms with Crippen LogP contribution >= 0.6 is 11.3 Å². The molecule has 1 rings (SSSR count). The highest BCUT2D eigenvalue weighted by molar-refractivity contribution is 7.89. The van der Waals surface area contributed by atoms with Gasteiger partial charge in [-0.3, -0.25) is 4.79 Å². The first-order valence-electron chi connectivity index (χ1n) is 6.75. The molecule has 0 aliphatic heterocycles. The van der Waals surface area contributed by atoms with Gasteiger partial charge in [0, 0.05) is 26.2 Å². The number of hydrogen-bond acceptors (Lipinski definition) is 5. The highest BCUT2D eigenvalue weighted by Crippen LogP contribution is 2.24. The van der Waals surface area contributed by atoms with E-state index >= 15 is 0 Å². The minimum absolute atomic E-state index is 0.0330. The van der Waals surface area contributed by atoms with E-state index in [0.717, 1.165) is 28.5 Å². The van der Waals surface area contributed by atoms with Crippen molar-refractivity contribution < 1.29 is 13.2 Å². The number of hydrogen-bond donors (Lipinski definition) is 2. The third-order valence-corrected chi connectivity index (χ3v) is 6.50. The summed E-state index contributed by atoms with van der Waals surface area (Å²) in [6.07, 6.45) is 1.47. The molecule has 1 amide bonds. The maximum Gasteiger partial charge on any atom is 0.262 e.